The lowest BCUT2D eigenvalue weighted by molar-refractivity contribution is -0.130. The predicted molar refractivity (Wildman–Crippen MR) is 110 cm³/mol. The van der Waals surface area contributed by atoms with Crippen LogP contribution in [0.15, 0.2) is 68.7 Å². The molecule has 0 radical (unpaired) electrons. The third kappa shape index (κ3) is 4.59. The van der Waals surface area contributed by atoms with Crippen LogP contribution >= 0.6 is 27.7 Å². The Hall–Kier alpha value is -2.12. The van der Waals surface area contributed by atoms with Gasteiger partial charge in [0.05, 0.1) is 5.56 Å². The van der Waals surface area contributed by atoms with Crippen LogP contribution in [0.2, 0.25) is 0 Å². The fraction of sp³-hybridized carbons (Fsp3) is 0.250. The minimum Gasteiger partial charge on any atom is -0.411 e. The summed E-state index contributed by atoms with van der Waals surface area (Å²) < 4.78 is 6.72. The van der Waals surface area contributed by atoms with Crippen LogP contribution in [0.1, 0.15) is 24.7 Å². The first kappa shape index (κ1) is 19.6. The van der Waals surface area contributed by atoms with Gasteiger partial charge in [-0.25, -0.2) is 0 Å². The number of rotatable bonds is 7. The molecule has 0 aliphatic heterocycles. The first-order valence-electron chi connectivity index (χ1n) is 8.72. The molecule has 0 saturated carbocycles. The number of hydrogen-bond donors (Lipinski definition) is 0. The Labute approximate surface area is 171 Å². The molecule has 2 aromatic carbocycles. The van der Waals surface area contributed by atoms with Crippen LogP contribution in [0.5, 0.6) is 0 Å². The highest BCUT2D eigenvalue weighted by Crippen LogP contribution is 2.37. The zero-order valence-corrected chi connectivity index (χ0v) is 17.5. The van der Waals surface area contributed by atoms with E-state index < -0.39 is 5.25 Å². The first-order valence-corrected chi connectivity index (χ1v) is 10.4. The van der Waals surface area contributed by atoms with Crippen molar-refractivity contribution >= 4 is 33.6 Å². The van der Waals surface area contributed by atoms with Crippen molar-refractivity contribution < 1.29 is 9.21 Å². The second-order valence-electron chi connectivity index (χ2n) is 5.77. The van der Waals surface area contributed by atoms with Crippen molar-refractivity contribution in [1.29, 1.82) is 0 Å². The molecule has 1 amide bonds. The van der Waals surface area contributed by atoms with E-state index in [1.807, 2.05) is 73.3 Å². The lowest BCUT2D eigenvalue weighted by Gasteiger charge is -2.24. The molecule has 1 unspecified atom stereocenters. The van der Waals surface area contributed by atoms with Gasteiger partial charge in [0.1, 0.15) is 5.25 Å². The summed E-state index contributed by atoms with van der Waals surface area (Å²) in [4.78, 5) is 14.9. The first-order chi connectivity index (χ1) is 13.1. The highest BCUT2D eigenvalue weighted by atomic mass is 79.9. The Kier molecular flexibility index (Phi) is 6.68. The molecular weight excluding hydrogens is 426 g/mol. The van der Waals surface area contributed by atoms with Gasteiger partial charge in [-0.1, -0.05) is 42.5 Å². The van der Waals surface area contributed by atoms with Crippen LogP contribution in [0.4, 0.5) is 0 Å². The quantitative estimate of drug-likeness (QED) is 0.467. The normalized spacial score (nSPS) is 12.0. The van der Waals surface area contributed by atoms with Crippen molar-refractivity contribution in [1.82, 2.24) is 15.1 Å². The maximum Gasteiger partial charge on any atom is 0.277 e. The summed E-state index contributed by atoms with van der Waals surface area (Å²) in [6, 6.07) is 17.4. The van der Waals surface area contributed by atoms with Gasteiger partial charge in [0, 0.05) is 17.6 Å². The van der Waals surface area contributed by atoms with Crippen molar-refractivity contribution in [2.24, 2.45) is 0 Å². The van der Waals surface area contributed by atoms with E-state index in [1.165, 1.54) is 11.8 Å². The zero-order valence-electron chi connectivity index (χ0n) is 15.1. The van der Waals surface area contributed by atoms with E-state index in [1.54, 1.807) is 0 Å². The van der Waals surface area contributed by atoms with E-state index in [0.717, 1.165) is 15.6 Å². The topological polar surface area (TPSA) is 59.2 Å². The summed E-state index contributed by atoms with van der Waals surface area (Å²) >= 11 is 4.78. The number of nitrogens with zero attached hydrogens (tertiary/aromatic N) is 3. The van der Waals surface area contributed by atoms with E-state index in [9.17, 15) is 4.79 Å². The van der Waals surface area contributed by atoms with Crippen LogP contribution < -0.4 is 0 Å². The Morgan fingerprint density at radius 1 is 1.07 bits per heavy atom. The second kappa shape index (κ2) is 9.19. The van der Waals surface area contributed by atoms with Crippen LogP contribution in [0.3, 0.4) is 0 Å². The molecule has 140 valence electrons. The average molecular weight is 446 g/mol. The van der Waals surface area contributed by atoms with Gasteiger partial charge in [-0.2, -0.15) is 0 Å². The van der Waals surface area contributed by atoms with Crippen molar-refractivity contribution in [3.05, 3.63) is 64.6 Å². The summed E-state index contributed by atoms with van der Waals surface area (Å²) in [6.45, 7) is 5.27. The summed E-state index contributed by atoms with van der Waals surface area (Å²) in [6.07, 6.45) is 0. The molecule has 27 heavy (non-hydrogen) atoms. The molecule has 1 atom stereocenters. The fourth-order valence-electron chi connectivity index (χ4n) is 2.69. The van der Waals surface area contributed by atoms with Crippen molar-refractivity contribution in [3.63, 3.8) is 0 Å². The summed E-state index contributed by atoms with van der Waals surface area (Å²) in [7, 11) is 0. The standard InChI is InChI=1S/C20H20BrN3O2S/c1-3-24(4-2)19(25)17(14-10-6-5-7-11-14)27-20-23-22-18(26-20)15-12-8-9-13-16(15)21/h5-13,17H,3-4H2,1-2H3. The lowest BCUT2D eigenvalue weighted by Crippen LogP contribution is -2.33. The minimum atomic E-state index is -0.432. The van der Waals surface area contributed by atoms with Crippen LogP contribution in [-0.4, -0.2) is 34.1 Å². The smallest absolute Gasteiger partial charge is 0.277 e. The molecule has 0 bridgehead atoms. The third-order valence-electron chi connectivity index (χ3n) is 4.13. The molecule has 3 aromatic rings. The maximum absolute atomic E-state index is 13.0. The maximum atomic E-state index is 13.0. The van der Waals surface area contributed by atoms with Crippen LogP contribution in [0, 0.1) is 0 Å². The number of aromatic nitrogens is 2. The summed E-state index contributed by atoms with van der Waals surface area (Å²) in [5.74, 6) is 0.462. The number of amides is 1. The largest absolute Gasteiger partial charge is 0.411 e. The van der Waals surface area contributed by atoms with Crippen molar-refractivity contribution in [3.8, 4) is 11.5 Å². The number of carbonyl (C=O) groups is 1. The Balaban J connectivity index is 1.89. The number of likely N-dealkylation sites (N-methyl/N-ethyl adjacent to an activating group) is 1. The Bertz CT molecular complexity index is 897. The molecule has 0 saturated heterocycles. The van der Waals surface area contributed by atoms with E-state index in [0.29, 0.717) is 24.2 Å². The molecule has 0 spiro atoms. The molecule has 0 N–H and O–H groups in total. The van der Waals surface area contributed by atoms with Crippen molar-refractivity contribution in [2.75, 3.05) is 13.1 Å². The SMILES string of the molecule is CCN(CC)C(=O)C(Sc1nnc(-c2ccccc2Br)o1)c1ccccc1. The van der Waals surface area contributed by atoms with E-state index >= 15 is 0 Å². The number of carbonyl (C=O) groups excluding carboxylic acids is 1. The Morgan fingerprint density at radius 2 is 1.74 bits per heavy atom. The summed E-state index contributed by atoms with van der Waals surface area (Å²) in [5.41, 5.74) is 1.74. The molecule has 3 rings (SSSR count). The van der Waals surface area contributed by atoms with Crippen LogP contribution in [0.25, 0.3) is 11.5 Å². The van der Waals surface area contributed by atoms with Gasteiger partial charge >= 0.3 is 0 Å². The van der Waals surface area contributed by atoms with Gasteiger partial charge in [-0.3, -0.25) is 4.79 Å². The number of hydrogen-bond acceptors (Lipinski definition) is 5. The van der Waals surface area contributed by atoms with Gasteiger partial charge in [-0.05, 0) is 59.2 Å². The molecule has 5 nitrogen and oxygen atoms in total. The number of thioether (sulfide) groups is 1. The van der Waals surface area contributed by atoms with E-state index in [-0.39, 0.29) is 5.91 Å². The van der Waals surface area contributed by atoms with Gasteiger partial charge in [-0.15, -0.1) is 10.2 Å². The van der Waals surface area contributed by atoms with Gasteiger partial charge in [0.15, 0.2) is 0 Å². The predicted octanol–water partition coefficient (Wildman–Crippen LogP) is 5.20. The summed E-state index contributed by atoms with van der Waals surface area (Å²) in [5, 5.41) is 8.23. The molecule has 0 aliphatic rings. The van der Waals surface area contributed by atoms with Gasteiger partial charge in [0.25, 0.3) is 5.22 Å². The molecule has 0 aliphatic carbocycles. The zero-order chi connectivity index (χ0) is 19.2. The molecule has 7 heteroatoms. The average Bonchev–Trinajstić information content (AvgIpc) is 3.16. The molecule has 1 aromatic heterocycles. The molecular formula is C20H20BrN3O2S. The molecule has 1 heterocycles. The number of benzene rings is 2. The third-order valence-corrected chi connectivity index (χ3v) is 5.90. The van der Waals surface area contributed by atoms with E-state index in [2.05, 4.69) is 26.1 Å². The van der Waals surface area contributed by atoms with Crippen LogP contribution in [-0.2, 0) is 4.79 Å². The van der Waals surface area contributed by atoms with E-state index in [4.69, 9.17) is 4.42 Å². The van der Waals surface area contributed by atoms with Gasteiger partial charge < -0.3 is 9.32 Å². The highest BCUT2D eigenvalue weighted by molar-refractivity contribution is 9.10. The Morgan fingerprint density at radius 3 is 2.41 bits per heavy atom. The lowest BCUT2D eigenvalue weighted by atomic mass is 10.1. The highest BCUT2D eigenvalue weighted by Gasteiger charge is 2.28. The monoisotopic (exact) mass is 445 g/mol. The minimum absolute atomic E-state index is 0.0387. The molecule has 0 fully saturated rings. The fourth-order valence-corrected chi connectivity index (χ4v) is 4.11. The number of halogens is 1. The second-order valence-corrected chi connectivity index (χ2v) is 7.68. The van der Waals surface area contributed by atoms with Crippen molar-refractivity contribution in [2.45, 2.75) is 24.3 Å². The van der Waals surface area contributed by atoms with Gasteiger partial charge in [0.2, 0.25) is 11.8 Å².